The number of piperidine rings is 3. The molecule has 0 saturated carbocycles. The van der Waals surface area contributed by atoms with Crippen LogP contribution < -0.4 is 4.74 Å². The van der Waals surface area contributed by atoms with Crippen molar-refractivity contribution < 1.29 is 9.15 Å². The zero-order valence-corrected chi connectivity index (χ0v) is 17.0. The van der Waals surface area contributed by atoms with Gasteiger partial charge in [0.1, 0.15) is 17.1 Å². The Hall–Kier alpha value is -2.30. The molecular formula is C25H28N2O2. The molecule has 0 aliphatic carbocycles. The molecule has 0 amide bonds. The van der Waals surface area contributed by atoms with Crippen molar-refractivity contribution in [1.82, 2.24) is 9.80 Å². The van der Waals surface area contributed by atoms with E-state index < -0.39 is 0 Å². The van der Waals surface area contributed by atoms with Crippen LogP contribution in [0.3, 0.4) is 0 Å². The molecule has 4 nitrogen and oxygen atoms in total. The van der Waals surface area contributed by atoms with Gasteiger partial charge < -0.3 is 9.15 Å². The summed E-state index contributed by atoms with van der Waals surface area (Å²) in [6.45, 7) is 4.53. The highest BCUT2D eigenvalue weighted by molar-refractivity contribution is 5.77. The topological polar surface area (TPSA) is 28.9 Å². The minimum atomic E-state index is 0.554. The molecule has 0 spiro atoms. The Bertz CT molecular complexity index is 970. The second-order valence-corrected chi connectivity index (χ2v) is 8.91. The van der Waals surface area contributed by atoms with Crippen molar-refractivity contribution in [2.45, 2.75) is 37.4 Å². The van der Waals surface area contributed by atoms with Crippen LogP contribution in [0.4, 0.5) is 0 Å². The van der Waals surface area contributed by atoms with Crippen molar-refractivity contribution in [2.24, 2.45) is 5.92 Å². The molecule has 4 heteroatoms. The van der Waals surface area contributed by atoms with Crippen LogP contribution in [0.2, 0.25) is 0 Å². The highest BCUT2D eigenvalue weighted by atomic mass is 16.5. The van der Waals surface area contributed by atoms with E-state index in [4.69, 9.17) is 9.15 Å². The Morgan fingerprint density at radius 3 is 2.55 bits per heavy atom. The molecule has 7 rings (SSSR count). The Morgan fingerprint density at radius 1 is 1.00 bits per heavy atom. The van der Waals surface area contributed by atoms with Gasteiger partial charge in [0, 0.05) is 29.9 Å². The molecule has 29 heavy (non-hydrogen) atoms. The minimum absolute atomic E-state index is 0.554. The summed E-state index contributed by atoms with van der Waals surface area (Å²) in [5.74, 6) is 3.40. The summed E-state index contributed by atoms with van der Waals surface area (Å²) in [6, 6.07) is 20.6. The molecular weight excluding hydrogens is 360 g/mol. The molecule has 0 unspecified atom stereocenters. The van der Waals surface area contributed by atoms with Gasteiger partial charge in [-0.1, -0.05) is 30.3 Å². The van der Waals surface area contributed by atoms with Gasteiger partial charge in [-0.25, -0.2) is 0 Å². The van der Waals surface area contributed by atoms with Crippen molar-refractivity contribution in [3.63, 3.8) is 0 Å². The van der Waals surface area contributed by atoms with E-state index >= 15 is 0 Å². The van der Waals surface area contributed by atoms with E-state index in [2.05, 4.69) is 64.4 Å². The van der Waals surface area contributed by atoms with E-state index in [1.807, 2.05) is 0 Å². The molecule has 5 heterocycles. The quantitative estimate of drug-likeness (QED) is 0.658. The number of nitrogens with zero attached hydrogens (tertiary/aromatic N) is 2. The van der Waals surface area contributed by atoms with Crippen LogP contribution in [-0.4, -0.2) is 48.6 Å². The standard InChI is InChI=1S/C25H28N2O2/c1-28-20-8-6-17(7-9-20)22-16-27(24-18-10-12-26(13-11-18)25(22)24)15-21-14-19-4-2-3-5-23(19)29-21/h2-9,14,18,22,24-25H,10-13,15-16H2,1H3/t22-,24+,25+/m0/s1. The fourth-order valence-electron chi connectivity index (χ4n) is 6.18. The lowest BCUT2D eigenvalue weighted by Crippen LogP contribution is -2.59. The molecule has 3 atom stereocenters. The first-order chi connectivity index (χ1) is 14.3. The molecule has 2 aromatic carbocycles. The first kappa shape index (κ1) is 17.5. The van der Waals surface area contributed by atoms with Crippen molar-refractivity contribution in [3.8, 4) is 5.75 Å². The second-order valence-electron chi connectivity index (χ2n) is 8.91. The minimum Gasteiger partial charge on any atom is -0.497 e. The molecule has 0 N–H and O–H groups in total. The molecule has 4 saturated heterocycles. The zero-order chi connectivity index (χ0) is 19.4. The summed E-state index contributed by atoms with van der Waals surface area (Å²) in [7, 11) is 1.74. The van der Waals surface area contributed by atoms with E-state index in [9.17, 15) is 0 Å². The maximum atomic E-state index is 6.19. The monoisotopic (exact) mass is 388 g/mol. The number of fused-ring (bicyclic) bond motifs is 3. The number of rotatable bonds is 4. The van der Waals surface area contributed by atoms with Gasteiger partial charge in [-0.2, -0.15) is 0 Å². The molecule has 4 aliphatic rings. The highest BCUT2D eigenvalue weighted by Gasteiger charge is 2.53. The van der Waals surface area contributed by atoms with Crippen LogP contribution in [-0.2, 0) is 6.54 Å². The predicted octanol–water partition coefficient (Wildman–Crippen LogP) is 4.50. The van der Waals surface area contributed by atoms with Crippen LogP contribution in [0, 0.1) is 5.92 Å². The molecule has 4 fully saturated rings. The zero-order valence-electron chi connectivity index (χ0n) is 17.0. The SMILES string of the molecule is COc1ccc([C@@H]2CN(Cc3cc4ccccc4o3)[C@@H]3C4CCN(CC4)[C@@H]32)cc1. The van der Waals surface area contributed by atoms with Gasteiger partial charge in [0.15, 0.2) is 0 Å². The van der Waals surface area contributed by atoms with Crippen LogP contribution in [0.1, 0.15) is 30.1 Å². The van der Waals surface area contributed by atoms with Gasteiger partial charge in [-0.3, -0.25) is 9.80 Å². The van der Waals surface area contributed by atoms with Crippen LogP contribution in [0.25, 0.3) is 11.0 Å². The number of methoxy groups -OCH3 is 1. The van der Waals surface area contributed by atoms with E-state index in [0.29, 0.717) is 18.0 Å². The number of hydrogen-bond donors (Lipinski definition) is 0. The lowest BCUT2D eigenvalue weighted by Gasteiger charge is -2.51. The summed E-state index contributed by atoms with van der Waals surface area (Å²) < 4.78 is 11.6. The molecule has 3 aromatic rings. The predicted molar refractivity (Wildman–Crippen MR) is 114 cm³/mol. The summed E-state index contributed by atoms with van der Waals surface area (Å²) in [6.07, 6.45) is 2.68. The largest absolute Gasteiger partial charge is 0.497 e. The summed E-state index contributed by atoms with van der Waals surface area (Å²) in [5, 5.41) is 1.21. The van der Waals surface area contributed by atoms with Gasteiger partial charge >= 0.3 is 0 Å². The highest BCUT2D eigenvalue weighted by Crippen LogP contribution is 2.47. The maximum absolute atomic E-state index is 6.19. The number of furan rings is 1. The number of hydrogen-bond acceptors (Lipinski definition) is 4. The van der Waals surface area contributed by atoms with E-state index in [-0.39, 0.29) is 0 Å². The number of para-hydroxylation sites is 1. The summed E-state index contributed by atoms with van der Waals surface area (Å²) >= 11 is 0. The Labute approximate surface area is 172 Å². The number of benzene rings is 2. The van der Waals surface area contributed by atoms with E-state index in [1.165, 1.54) is 36.9 Å². The first-order valence-corrected chi connectivity index (χ1v) is 10.9. The van der Waals surface area contributed by atoms with Crippen LogP contribution in [0.15, 0.2) is 59.0 Å². The third-order valence-electron chi connectivity index (χ3n) is 7.47. The third-order valence-corrected chi connectivity index (χ3v) is 7.47. The lowest BCUT2D eigenvalue weighted by atomic mass is 9.75. The second kappa shape index (κ2) is 6.89. The van der Waals surface area contributed by atoms with Crippen molar-refractivity contribution in [2.75, 3.05) is 26.7 Å². The first-order valence-electron chi connectivity index (χ1n) is 10.9. The molecule has 4 aliphatic heterocycles. The fourth-order valence-corrected chi connectivity index (χ4v) is 6.18. The summed E-state index contributed by atoms with van der Waals surface area (Å²) in [4.78, 5) is 5.48. The number of likely N-dealkylation sites (tertiary alicyclic amines) is 1. The van der Waals surface area contributed by atoms with Crippen molar-refractivity contribution in [1.29, 1.82) is 0 Å². The molecule has 0 radical (unpaired) electrons. The van der Waals surface area contributed by atoms with Gasteiger partial charge in [0.05, 0.1) is 13.7 Å². The van der Waals surface area contributed by atoms with E-state index in [0.717, 1.165) is 36.1 Å². The van der Waals surface area contributed by atoms with Crippen LogP contribution in [0.5, 0.6) is 5.75 Å². The van der Waals surface area contributed by atoms with Gasteiger partial charge in [-0.15, -0.1) is 0 Å². The fraction of sp³-hybridized carbons (Fsp3) is 0.440. The lowest BCUT2D eigenvalue weighted by molar-refractivity contribution is -0.0100. The normalized spacial score (nSPS) is 31.3. The smallest absolute Gasteiger partial charge is 0.134 e. The van der Waals surface area contributed by atoms with E-state index in [1.54, 1.807) is 7.11 Å². The maximum Gasteiger partial charge on any atom is 0.134 e. The Morgan fingerprint density at radius 2 is 1.79 bits per heavy atom. The number of ether oxygens (including phenoxy) is 1. The average Bonchev–Trinajstić information content (AvgIpc) is 3.37. The van der Waals surface area contributed by atoms with Gasteiger partial charge in [-0.05, 0) is 61.7 Å². The Kier molecular flexibility index (Phi) is 4.17. The van der Waals surface area contributed by atoms with Gasteiger partial charge in [0.2, 0.25) is 0 Å². The molecule has 150 valence electrons. The third kappa shape index (κ3) is 2.89. The average molecular weight is 389 g/mol. The Balaban J connectivity index is 1.32. The summed E-state index contributed by atoms with van der Waals surface area (Å²) in [5.41, 5.74) is 2.44. The molecule has 1 aromatic heterocycles. The molecule has 2 bridgehead atoms. The van der Waals surface area contributed by atoms with Crippen molar-refractivity contribution in [3.05, 3.63) is 65.9 Å². The van der Waals surface area contributed by atoms with Gasteiger partial charge in [0.25, 0.3) is 0 Å². The van der Waals surface area contributed by atoms with Crippen molar-refractivity contribution >= 4 is 11.0 Å². The van der Waals surface area contributed by atoms with Crippen LogP contribution >= 0.6 is 0 Å².